The van der Waals surface area contributed by atoms with Crippen LogP contribution >= 0.6 is 0 Å². The minimum absolute atomic E-state index is 0.274. The molecule has 2 aromatic rings. The maximum Gasteiger partial charge on any atom is 0.414 e. The molecule has 0 N–H and O–H groups in total. The van der Waals surface area contributed by atoms with Gasteiger partial charge in [0.15, 0.2) is 0 Å². The van der Waals surface area contributed by atoms with Crippen LogP contribution in [0.4, 0.5) is 10.5 Å². The molecule has 5 heteroatoms. The first kappa shape index (κ1) is 19.5. The van der Waals surface area contributed by atoms with Crippen molar-refractivity contribution in [3.05, 3.63) is 65.2 Å². The van der Waals surface area contributed by atoms with E-state index in [9.17, 15) is 4.79 Å². The second-order valence-electron chi connectivity index (χ2n) is 6.07. The Balaban J connectivity index is 2.15. The Bertz CT molecular complexity index is 771. The van der Waals surface area contributed by atoms with Crippen LogP contribution in [0.2, 0.25) is 0 Å². The first-order valence-electron chi connectivity index (χ1n) is 8.73. The third kappa shape index (κ3) is 5.09. The monoisotopic (exact) mass is 354 g/mol. The number of rotatable bonds is 7. The molecule has 0 saturated carbocycles. The normalized spacial score (nSPS) is 11.2. The highest BCUT2D eigenvalue weighted by molar-refractivity contribution is 5.98. The van der Waals surface area contributed by atoms with Crippen molar-refractivity contribution in [1.29, 1.82) is 0 Å². The maximum atomic E-state index is 12.1. The van der Waals surface area contributed by atoms with E-state index < -0.39 is 0 Å². The Morgan fingerprint density at radius 2 is 1.92 bits per heavy atom. The van der Waals surface area contributed by atoms with Crippen LogP contribution in [0.5, 0.6) is 0 Å². The van der Waals surface area contributed by atoms with Crippen LogP contribution in [0.15, 0.2) is 53.7 Å². The average molecular weight is 354 g/mol. The highest BCUT2D eigenvalue weighted by atomic mass is 16.6. The fraction of sp³-hybridized carbons (Fsp3) is 0.333. The zero-order valence-electron chi connectivity index (χ0n) is 15.9. The van der Waals surface area contributed by atoms with E-state index in [-0.39, 0.29) is 12.7 Å². The largest absolute Gasteiger partial charge is 0.452 e. The number of benzene rings is 2. The van der Waals surface area contributed by atoms with E-state index in [4.69, 9.17) is 9.57 Å². The maximum absolute atomic E-state index is 12.1. The number of hydrogen-bond donors (Lipinski definition) is 0. The summed E-state index contributed by atoms with van der Waals surface area (Å²) in [5.41, 5.74) is 4.68. The van der Waals surface area contributed by atoms with E-state index in [1.54, 1.807) is 4.90 Å². The fourth-order valence-corrected chi connectivity index (χ4v) is 2.66. The molecule has 0 fully saturated rings. The molecule has 1 amide bonds. The second-order valence-corrected chi connectivity index (χ2v) is 6.07. The average Bonchev–Trinajstić information content (AvgIpc) is 2.66. The van der Waals surface area contributed by atoms with Crippen LogP contribution in [0, 0.1) is 6.92 Å². The van der Waals surface area contributed by atoms with Gasteiger partial charge in [-0.2, -0.15) is 0 Å². The van der Waals surface area contributed by atoms with Gasteiger partial charge in [0.1, 0.15) is 6.61 Å². The van der Waals surface area contributed by atoms with Crippen LogP contribution in [0.1, 0.15) is 37.0 Å². The molecule has 0 radical (unpaired) electrons. The van der Waals surface area contributed by atoms with Gasteiger partial charge in [0, 0.05) is 12.1 Å². The van der Waals surface area contributed by atoms with Gasteiger partial charge < -0.3 is 9.57 Å². The zero-order chi connectivity index (χ0) is 18.9. The number of carbonyl (C=O) groups excluding carboxylic acids is 1. The van der Waals surface area contributed by atoms with Crippen molar-refractivity contribution < 1.29 is 14.4 Å². The number of amides is 1. The van der Waals surface area contributed by atoms with Crippen LogP contribution < -0.4 is 4.90 Å². The Hall–Kier alpha value is -2.82. The number of oxime groups is 1. The highest BCUT2D eigenvalue weighted by Gasteiger charge is 2.18. The predicted molar refractivity (Wildman–Crippen MR) is 105 cm³/mol. The lowest BCUT2D eigenvalue weighted by atomic mass is 10.1. The molecule has 0 aliphatic rings. The highest BCUT2D eigenvalue weighted by Crippen LogP contribution is 2.22. The number of carbonyl (C=O) groups is 1. The van der Waals surface area contributed by atoms with Crippen LogP contribution in [-0.4, -0.2) is 25.5 Å². The summed E-state index contributed by atoms with van der Waals surface area (Å²) in [6.07, 6.45) is 0.452. The summed E-state index contributed by atoms with van der Waals surface area (Å²) in [6.45, 7) is 6.83. The molecule has 5 nitrogen and oxygen atoms in total. The topological polar surface area (TPSA) is 51.1 Å². The lowest BCUT2D eigenvalue weighted by Crippen LogP contribution is -2.32. The number of para-hydroxylation sites is 1. The molecular formula is C21H26N2O3. The number of methoxy groups -OCH3 is 1. The number of nitrogens with zero attached hydrogens (tertiary/aromatic N) is 2. The SMILES string of the molecule is CCCN(C(=O)OC)c1ccccc1CO/N=C(\C)c1cccc(C)c1. The molecule has 0 aliphatic carbocycles. The molecule has 0 aliphatic heterocycles. The van der Waals surface area contributed by atoms with Gasteiger partial charge in [-0.3, -0.25) is 4.90 Å². The van der Waals surface area contributed by atoms with Crippen molar-refractivity contribution in [2.45, 2.75) is 33.8 Å². The van der Waals surface area contributed by atoms with Crippen molar-refractivity contribution in [3.8, 4) is 0 Å². The molecule has 0 saturated heterocycles. The molecule has 0 spiro atoms. The third-order valence-electron chi connectivity index (χ3n) is 3.98. The molecule has 2 aromatic carbocycles. The van der Waals surface area contributed by atoms with E-state index in [0.29, 0.717) is 6.54 Å². The van der Waals surface area contributed by atoms with Crippen molar-refractivity contribution in [2.24, 2.45) is 5.16 Å². The van der Waals surface area contributed by atoms with E-state index >= 15 is 0 Å². The van der Waals surface area contributed by atoms with E-state index in [1.165, 1.54) is 12.7 Å². The number of aryl methyl sites for hydroxylation is 1. The number of ether oxygens (including phenoxy) is 1. The van der Waals surface area contributed by atoms with Crippen molar-refractivity contribution >= 4 is 17.5 Å². The standard InChI is InChI=1S/C21H26N2O3/c1-5-13-23(21(24)25-4)20-12-7-6-10-19(20)15-26-22-17(3)18-11-8-9-16(2)14-18/h6-12,14H,5,13,15H2,1-4H3/b22-17+. The van der Waals surface area contributed by atoms with Crippen LogP contribution in [-0.2, 0) is 16.2 Å². The summed E-state index contributed by atoms with van der Waals surface area (Å²) in [6, 6.07) is 15.7. The number of hydrogen-bond acceptors (Lipinski definition) is 4. The van der Waals surface area contributed by atoms with E-state index in [0.717, 1.165) is 28.9 Å². The molecule has 0 heterocycles. The molecule has 0 bridgehead atoms. The first-order valence-corrected chi connectivity index (χ1v) is 8.73. The second kappa shape index (κ2) is 9.61. The summed E-state index contributed by atoms with van der Waals surface area (Å²) in [7, 11) is 1.39. The van der Waals surface area contributed by atoms with E-state index in [1.807, 2.05) is 63.2 Å². The van der Waals surface area contributed by atoms with Gasteiger partial charge in [0.05, 0.1) is 18.5 Å². The smallest absolute Gasteiger partial charge is 0.414 e. The molecule has 0 atom stereocenters. The fourth-order valence-electron chi connectivity index (χ4n) is 2.66. The summed E-state index contributed by atoms with van der Waals surface area (Å²) < 4.78 is 4.90. The van der Waals surface area contributed by atoms with Gasteiger partial charge in [-0.05, 0) is 31.9 Å². The van der Waals surface area contributed by atoms with Gasteiger partial charge in [-0.1, -0.05) is 60.1 Å². The molecule has 0 unspecified atom stereocenters. The summed E-state index contributed by atoms with van der Waals surface area (Å²) in [5, 5.41) is 4.22. The van der Waals surface area contributed by atoms with Gasteiger partial charge >= 0.3 is 6.09 Å². The Morgan fingerprint density at radius 3 is 2.62 bits per heavy atom. The minimum Gasteiger partial charge on any atom is -0.452 e. The lowest BCUT2D eigenvalue weighted by molar-refractivity contribution is 0.130. The van der Waals surface area contributed by atoms with Crippen LogP contribution in [0.3, 0.4) is 0 Å². The van der Waals surface area contributed by atoms with Gasteiger partial charge in [0.25, 0.3) is 0 Å². The quantitative estimate of drug-likeness (QED) is 0.524. The Morgan fingerprint density at radius 1 is 1.15 bits per heavy atom. The Kier molecular flexibility index (Phi) is 7.21. The minimum atomic E-state index is -0.376. The molecule has 0 aromatic heterocycles. The predicted octanol–water partition coefficient (Wildman–Crippen LogP) is 4.92. The van der Waals surface area contributed by atoms with Gasteiger partial charge in [-0.15, -0.1) is 0 Å². The van der Waals surface area contributed by atoms with E-state index in [2.05, 4.69) is 11.2 Å². The lowest BCUT2D eigenvalue weighted by Gasteiger charge is -2.23. The van der Waals surface area contributed by atoms with Crippen molar-refractivity contribution in [2.75, 3.05) is 18.6 Å². The molecule has 26 heavy (non-hydrogen) atoms. The molecule has 2 rings (SSSR count). The summed E-state index contributed by atoms with van der Waals surface area (Å²) in [5.74, 6) is 0. The van der Waals surface area contributed by atoms with Crippen molar-refractivity contribution in [3.63, 3.8) is 0 Å². The summed E-state index contributed by atoms with van der Waals surface area (Å²) in [4.78, 5) is 19.3. The summed E-state index contributed by atoms with van der Waals surface area (Å²) >= 11 is 0. The molecule has 138 valence electrons. The number of anilines is 1. The van der Waals surface area contributed by atoms with Gasteiger partial charge in [-0.25, -0.2) is 4.79 Å². The van der Waals surface area contributed by atoms with Crippen LogP contribution in [0.25, 0.3) is 0 Å². The first-order chi connectivity index (χ1) is 12.6. The van der Waals surface area contributed by atoms with Gasteiger partial charge in [0.2, 0.25) is 0 Å². The zero-order valence-corrected chi connectivity index (χ0v) is 15.9. The Labute approximate surface area is 155 Å². The third-order valence-corrected chi connectivity index (χ3v) is 3.98. The molecular weight excluding hydrogens is 328 g/mol. The van der Waals surface area contributed by atoms with Crippen molar-refractivity contribution in [1.82, 2.24) is 0 Å².